The molecule has 1 aromatic rings. The van der Waals surface area contributed by atoms with Gasteiger partial charge in [-0.05, 0) is 37.9 Å². The summed E-state index contributed by atoms with van der Waals surface area (Å²) in [6.45, 7) is 3.81. The van der Waals surface area contributed by atoms with E-state index in [1.165, 1.54) is 30.6 Å². The fourth-order valence-electron chi connectivity index (χ4n) is 2.46. The number of carbonyl (C=O) groups excluding carboxylic acids is 1. The molecule has 1 saturated heterocycles. The minimum Gasteiger partial charge on any atom is -0.293 e. The number of ketones is 1. The Morgan fingerprint density at radius 2 is 2.35 bits per heavy atom. The number of hydrogen-bond acceptors (Lipinski definition) is 3. The van der Waals surface area contributed by atoms with Gasteiger partial charge in [-0.1, -0.05) is 24.9 Å². The second-order valence-corrected chi connectivity index (χ2v) is 6.27. The molecule has 0 saturated carbocycles. The molecule has 0 spiro atoms. The van der Waals surface area contributed by atoms with Gasteiger partial charge in [0.05, 0.1) is 15.8 Å². The van der Waals surface area contributed by atoms with E-state index >= 15 is 0 Å². The van der Waals surface area contributed by atoms with Crippen LogP contribution >= 0.6 is 22.9 Å². The molecule has 17 heavy (non-hydrogen) atoms. The van der Waals surface area contributed by atoms with Crippen LogP contribution < -0.4 is 0 Å². The smallest absolute Gasteiger partial charge is 0.186 e. The molecule has 0 amide bonds. The molecule has 0 unspecified atom stereocenters. The first kappa shape index (κ1) is 13.1. The van der Waals surface area contributed by atoms with E-state index in [0.717, 1.165) is 17.8 Å². The van der Waals surface area contributed by atoms with Gasteiger partial charge in [0.15, 0.2) is 5.78 Å². The highest BCUT2D eigenvalue weighted by Gasteiger charge is 2.23. The summed E-state index contributed by atoms with van der Waals surface area (Å²) in [5, 5.41) is 0. The summed E-state index contributed by atoms with van der Waals surface area (Å²) in [4.78, 5) is 15.2. The van der Waals surface area contributed by atoms with Crippen LogP contribution in [0, 0.1) is 0 Å². The van der Waals surface area contributed by atoms with Gasteiger partial charge in [-0.25, -0.2) is 0 Å². The van der Waals surface area contributed by atoms with Crippen molar-refractivity contribution >= 4 is 28.7 Å². The number of nitrogens with zero attached hydrogens (tertiary/aromatic N) is 1. The van der Waals surface area contributed by atoms with Gasteiger partial charge in [-0.2, -0.15) is 0 Å². The van der Waals surface area contributed by atoms with Gasteiger partial charge in [0.1, 0.15) is 0 Å². The standard InChI is InChI=1S/C13H18ClNOS/c1-2-10-5-3-4-8-15(10)9-11(16)12-6-7-13(14)17-12/h6-7,10H,2-5,8-9H2,1H3/t10-/m0/s1. The van der Waals surface area contributed by atoms with Crippen molar-refractivity contribution in [2.45, 2.75) is 38.6 Å². The highest BCUT2D eigenvalue weighted by molar-refractivity contribution is 7.18. The monoisotopic (exact) mass is 271 g/mol. The summed E-state index contributed by atoms with van der Waals surface area (Å²) >= 11 is 7.24. The number of hydrogen-bond donors (Lipinski definition) is 0. The lowest BCUT2D eigenvalue weighted by Crippen LogP contribution is -2.42. The number of Topliss-reactive ketones (excluding diaryl/α,β-unsaturated/α-hetero) is 1. The number of rotatable bonds is 4. The van der Waals surface area contributed by atoms with E-state index in [-0.39, 0.29) is 5.78 Å². The first-order chi connectivity index (χ1) is 8.20. The van der Waals surface area contributed by atoms with Gasteiger partial charge in [0.25, 0.3) is 0 Å². The first-order valence-electron chi connectivity index (χ1n) is 6.23. The Bertz CT molecular complexity index is 391. The van der Waals surface area contributed by atoms with E-state index in [0.29, 0.717) is 16.9 Å². The molecule has 2 rings (SSSR count). The summed E-state index contributed by atoms with van der Waals surface area (Å²) < 4.78 is 0.694. The fourth-order valence-corrected chi connectivity index (χ4v) is 3.43. The molecule has 94 valence electrons. The number of likely N-dealkylation sites (tertiary alicyclic amines) is 1. The zero-order valence-corrected chi connectivity index (χ0v) is 11.7. The Morgan fingerprint density at radius 1 is 1.53 bits per heavy atom. The number of carbonyl (C=O) groups is 1. The van der Waals surface area contributed by atoms with Crippen molar-refractivity contribution in [1.29, 1.82) is 0 Å². The fraction of sp³-hybridized carbons (Fsp3) is 0.615. The molecule has 1 aliphatic rings. The first-order valence-corrected chi connectivity index (χ1v) is 7.42. The Morgan fingerprint density at radius 3 is 3.00 bits per heavy atom. The minimum atomic E-state index is 0.210. The van der Waals surface area contributed by atoms with Gasteiger partial charge < -0.3 is 0 Å². The molecule has 1 atom stereocenters. The van der Waals surface area contributed by atoms with Gasteiger partial charge in [-0.15, -0.1) is 11.3 Å². The second kappa shape index (κ2) is 5.98. The molecule has 1 aliphatic heterocycles. The number of piperidine rings is 1. The molecular weight excluding hydrogens is 254 g/mol. The predicted molar refractivity (Wildman–Crippen MR) is 73.2 cm³/mol. The molecule has 0 aliphatic carbocycles. The minimum absolute atomic E-state index is 0.210. The van der Waals surface area contributed by atoms with Crippen LogP contribution in [0.1, 0.15) is 42.3 Å². The molecule has 2 nitrogen and oxygen atoms in total. The Kier molecular flexibility index (Phi) is 4.60. The third kappa shape index (κ3) is 3.30. The normalized spacial score (nSPS) is 21.6. The lowest BCUT2D eigenvalue weighted by molar-refractivity contribution is 0.0842. The second-order valence-electron chi connectivity index (χ2n) is 4.56. The van der Waals surface area contributed by atoms with Gasteiger partial charge in [-0.3, -0.25) is 9.69 Å². The number of halogens is 1. The lowest BCUT2D eigenvalue weighted by atomic mass is 10.00. The van der Waals surface area contributed by atoms with E-state index in [9.17, 15) is 4.79 Å². The summed E-state index contributed by atoms with van der Waals surface area (Å²) in [6, 6.07) is 4.22. The average molecular weight is 272 g/mol. The largest absolute Gasteiger partial charge is 0.293 e. The van der Waals surface area contributed by atoms with Crippen molar-refractivity contribution in [2.24, 2.45) is 0 Å². The highest BCUT2D eigenvalue weighted by atomic mass is 35.5. The molecule has 0 N–H and O–H groups in total. The maximum atomic E-state index is 12.1. The van der Waals surface area contributed by atoms with Crippen LogP contribution in [0.4, 0.5) is 0 Å². The van der Waals surface area contributed by atoms with Crippen molar-refractivity contribution in [3.05, 3.63) is 21.3 Å². The van der Waals surface area contributed by atoms with Crippen LogP contribution in [0.25, 0.3) is 0 Å². The topological polar surface area (TPSA) is 20.3 Å². The molecular formula is C13H18ClNOS. The maximum Gasteiger partial charge on any atom is 0.186 e. The van der Waals surface area contributed by atoms with E-state index in [1.807, 2.05) is 6.07 Å². The third-order valence-corrected chi connectivity index (χ3v) is 4.69. The molecule has 0 bridgehead atoms. The molecule has 0 aromatic carbocycles. The Labute approximate surface area is 112 Å². The van der Waals surface area contributed by atoms with E-state index in [1.54, 1.807) is 6.07 Å². The van der Waals surface area contributed by atoms with E-state index in [4.69, 9.17) is 11.6 Å². The molecule has 2 heterocycles. The van der Waals surface area contributed by atoms with Gasteiger partial charge >= 0.3 is 0 Å². The zero-order chi connectivity index (χ0) is 12.3. The Hall–Kier alpha value is -0.380. The van der Waals surface area contributed by atoms with Crippen molar-refractivity contribution < 1.29 is 4.79 Å². The lowest BCUT2D eigenvalue weighted by Gasteiger charge is -2.34. The molecule has 1 fully saturated rings. The predicted octanol–water partition coefficient (Wildman–Crippen LogP) is 3.85. The summed E-state index contributed by atoms with van der Waals surface area (Å²) in [5.41, 5.74) is 0. The SMILES string of the molecule is CC[C@H]1CCCCN1CC(=O)c1ccc(Cl)s1. The Balaban J connectivity index is 1.97. The van der Waals surface area contributed by atoms with Crippen LogP contribution in [0.5, 0.6) is 0 Å². The third-order valence-electron chi connectivity index (χ3n) is 3.42. The van der Waals surface area contributed by atoms with Crippen LogP contribution in [-0.2, 0) is 0 Å². The molecule has 1 aromatic heterocycles. The van der Waals surface area contributed by atoms with Crippen LogP contribution in [0.15, 0.2) is 12.1 Å². The van der Waals surface area contributed by atoms with E-state index in [2.05, 4.69) is 11.8 Å². The summed E-state index contributed by atoms with van der Waals surface area (Å²) in [6.07, 6.45) is 4.89. The van der Waals surface area contributed by atoms with E-state index < -0.39 is 0 Å². The molecule has 0 radical (unpaired) electrons. The van der Waals surface area contributed by atoms with Crippen molar-refractivity contribution in [3.8, 4) is 0 Å². The van der Waals surface area contributed by atoms with Crippen molar-refractivity contribution in [2.75, 3.05) is 13.1 Å². The molecule has 4 heteroatoms. The maximum absolute atomic E-state index is 12.1. The van der Waals surface area contributed by atoms with Crippen LogP contribution in [0.3, 0.4) is 0 Å². The van der Waals surface area contributed by atoms with Crippen molar-refractivity contribution in [1.82, 2.24) is 4.90 Å². The number of thiophene rings is 1. The highest BCUT2D eigenvalue weighted by Crippen LogP contribution is 2.24. The quantitative estimate of drug-likeness (QED) is 0.776. The van der Waals surface area contributed by atoms with Crippen LogP contribution in [0.2, 0.25) is 4.34 Å². The van der Waals surface area contributed by atoms with Crippen molar-refractivity contribution in [3.63, 3.8) is 0 Å². The van der Waals surface area contributed by atoms with Crippen LogP contribution in [-0.4, -0.2) is 29.8 Å². The summed E-state index contributed by atoms with van der Waals surface area (Å²) in [5.74, 6) is 0.210. The summed E-state index contributed by atoms with van der Waals surface area (Å²) in [7, 11) is 0. The zero-order valence-electron chi connectivity index (χ0n) is 10.1. The average Bonchev–Trinajstić information content (AvgIpc) is 2.77. The van der Waals surface area contributed by atoms with Gasteiger partial charge in [0.2, 0.25) is 0 Å². The van der Waals surface area contributed by atoms with Gasteiger partial charge in [0, 0.05) is 6.04 Å².